The van der Waals surface area contributed by atoms with Gasteiger partial charge >= 0.3 is 0 Å². The minimum absolute atomic E-state index is 0.495. The zero-order chi connectivity index (χ0) is 14.2. The molecule has 0 spiro atoms. The number of imidazole rings is 1. The molecule has 1 saturated carbocycles. The van der Waals surface area contributed by atoms with Crippen molar-refractivity contribution in [3.63, 3.8) is 0 Å². The predicted molar refractivity (Wildman–Crippen MR) is 78.5 cm³/mol. The van der Waals surface area contributed by atoms with E-state index < -0.39 is 0 Å². The molecule has 0 bridgehead atoms. The standard InChI is InChI=1S/C14H14N4O2S/c1-19-9-4-5-10-11(6-9)16-14(15-10)21-7-12-17-13(20-18-12)8-2-3-8/h4-6,8H,2-3,7H2,1H3,(H,15,16). The van der Waals surface area contributed by atoms with Crippen molar-refractivity contribution < 1.29 is 9.26 Å². The van der Waals surface area contributed by atoms with Crippen LogP contribution in [0.15, 0.2) is 27.9 Å². The molecule has 0 amide bonds. The number of nitrogens with zero attached hydrogens (tertiary/aromatic N) is 3. The summed E-state index contributed by atoms with van der Waals surface area (Å²) in [5.41, 5.74) is 1.88. The summed E-state index contributed by atoms with van der Waals surface area (Å²) in [5.74, 6) is 3.46. The van der Waals surface area contributed by atoms with Gasteiger partial charge in [0.2, 0.25) is 5.89 Å². The van der Waals surface area contributed by atoms with Gasteiger partial charge in [-0.05, 0) is 25.0 Å². The maximum Gasteiger partial charge on any atom is 0.229 e. The second-order valence-electron chi connectivity index (χ2n) is 5.04. The normalized spacial score (nSPS) is 14.7. The highest BCUT2D eigenvalue weighted by molar-refractivity contribution is 7.98. The molecule has 6 nitrogen and oxygen atoms in total. The van der Waals surface area contributed by atoms with E-state index in [4.69, 9.17) is 9.26 Å². The fourth-order valence-corrected chi connectivity index (χ4v) is 2.84. The van der Waals surface area contributed by atoms with E-state index in [2.05, 4.69) is 20.1 Å². The topological polar surface area (TPSA) is 76.8 Å². The number of hydrogen-bond acceptors (Lipinski definition) is 6. The average molecular weight is 302 g/mol. The van der Waals surface area contributed by atoms with Crippen molar-refractivity contribution in [2.24, 2.45) is 0 Å². The molecule has 0 saturated heterocycles. The SMILES string of the molecule is COc1ccc2nc(SCc3noc(C4CC4)n3)[nH]c2c1. The number of rotatable bonds is 5. The second-order valence-corrected chi connectivity index (χ2v) is 6.00. The van der Waals surface area contributed by atoms with Crippen LogP contribution >= 0.6 is 11.8 Å². The van der Waals surface area contributed by atoms with Gasteiger partial charge in [0.25, 0.3) is 0 Å². The zero-order valence-electron chi connectivity index (χ0n) is 11.5. The number of methoxy groups -OCH3 is 1. The van der Waals surface area contributed by atoms with Gasteiger partial charge in [-0.2, -0.15) is 4.98 Å². The average Bonchev–Trinajstić information content (AvgIpc) is 3.11. The highest BCUT2D eigenvalue weighted by Crippen LogP contribution is 2.39. The van der Waals surface area contributed by atoms with Crippen LogP contribution in [0.4, 0.5) is 0 Å². The molecule has 0 unspecified atom stereocenters. The summed E-state index contributed by atoms with van der Waals surface area (Å²) in [6.07, 6.45) is 2.33. The van der Waals surface area contributed by atoms with E-state index in [1.165, 1.54) is 12.8 Å². The van der Waals surface area contributed by atoms with Gasteiger partial charge in [-0.1, -0.05) is 16.9 Å². The van der Waals surface area contributed by atoms with Gasteiger partial charge in [0.05, 0.1) is 23.9 Å². The third-order valence-electron chi connectivity index (χ3n) is 3.42. The smallest absolute Gasteiger partial charge is 0.229 e. The van der Waals surface area contributed by atoms with Crippen LogP contribution in [-0.2, 0) is 5.75 Å². The lowest BCUT2D eigenvalue weighted by molar-refractivity contribution is 0.375. The molecule has 0 aliphatic heterocycles. The van der Waals surface area contributed by atoms with Crippen LogP contribution in [0.1, 0.15) is 30.5 Å². The van der Waals surface area contributed by atoms with E-state index in [0.717, 1.165) is 33.7 Å². The summed E-state index contributed by atoms with van der Waals surface area (Å²) < 4.78 is 10.4. The molecule has 1 aliphatic carbocycles. The van der Waals surface area contributed by atoms with E-state index in [1.807, 2.05) is 18.2 Å². The van der Waals surface area contributed by atoms with Gasteiger partial charge in [-0.25, -0.2) is 4.98 Å². The van der Waals surface area contributed by atoms with Crippen LogP contribution in [-0.4, -0.2) is 27.2 Å². The van der Waals surface area contributed by atoms with Gasteiger partial charge in [0.15, 0.2) is 11.0 Å². The highest BCUT2D eigenvalue weighted by Gasteiger charge is 2.29. The minimum atomic E-state index is 0.495. The van der Waals surface area contributed by atoms with Crippen molar-refractivity contribution in [1.29, 1.82) is 0 Å². The summed E-state index contributed by atoms with van der Waals surface area (Å²) in [7, 11) is 1.65. The number of aromatic amines is 1. The Hall–Kier alpha value is -2.02. The van der Waals surface area contributed by atoms with Gasteiger partial charge < -0.3 is 14.2 Å². The summed E-state index contributed by atoms with van der Waals surface area (Å²) in [6, 6.07) is 5.78. The Morgan fingerprint density at radius 3 is 3.10 bits per heavy atom. The van der Waals surface area contributed by atoms with Crippen LogP contribution in [0.3, 0.4) is 0 Å². The van der Waals surface area contributed by atoms with Crippen molar-refractivity contribution in [2.75, 3.05) is 7.11 Å². The Kier molecular flexibility index (Phi) is 3.07. The largest absolute Gasteiger partial charge is 0.497 e. The van der Waals surface area contributed by atoms with Crippen molar-refractivity contribution in [3.05, 3.63) is 29.9 Å². The number of fused-ring (bicyclic) bond motifs is 1. The van der Waals surface area contributed by atoms with Crippen molar-refractivity contribution in [2.45, 2.75) is 29.7 Å². The van der Waals surface area contributed by atoms with E-state index in [-0.39, 0.29) is 0 Å². The molecule has 1 aromatic carbocycles. The fourth-order valence-electron chi connectivity index (χ4n) is 2.12. The molecule has 3 aromatic rings. The fraction of sp³-hybridized carbons (Fsp3) is 0.357. The third-order valence-corrected chi connectivity index (χ3v) is 4.29. The number of ether oxygens (including phenoxy) is 1. The molecule has 108 valence electrons. The first-order valence-corrected chi connectivity index (χ1v) is 7.79. The van der Waals surface area contributed by atoms with Gasteiger partial charge in [-0.3, -0.25) is 0 Å². The van der Waals surface area contributed by atoms with Crippen LogP contribution in [0.2, 0.25) is 0 Å². The second kappa shape index (κ2) is 5.07. The Balaban J connectivity index is 1.48. The summed E-state index contributed by atoms with van der Waals surface area (Å²) in [5, 5.41) is 4.85. The highest BCUT2D eigenvalue weighted by atomic mass is 32.2. The van der Waals surface area contributed by atoms with E-state index >= 15 is 0 Å². The van der Waals surface area contributed by atoms with E-state index in [9.17, 15) is 0 Å². The number of benzene rings is 1. The lowest BCUT2D eigenvalue weighted by Gasteiger charge is -1.96. The predicted octanol–water partition coefficient (Wildman–Crippen LogP) is 3.12. The first-order chi connectivity index (χ1) is 10.3. The molecule has 1 fully saturated rings. The van der Waals surface area contributed by atoms with Crippen LogP contribution in [0.5, 0.6) is 5.75 Å². The van der Waals surface area contributed by atoms with Crippen LogP contribution in [0.25, 0.3) is 11.0 Å². The number of nitrogens with one attached hydrogen (secondary N) is 1. The van der Waals surface area contributed by atoms with Crippen molar-refractivity contribution in [3.8, 4) is 5.75 Å². The first kappa shape index (κ1) is 12.7. The molecule has 2 aromatic heterocycles. The number of thioether (sulfide) groups is 1. The summed E-state index contributed by atoms with van der Waals surface area (Å²) in [6.45, 7) is 0. The van der Waals surface area contributed by atoms with Crippen LogP contribution < -0.4 is 4.74 Å². The Morgan fingerprint density at radius 1 is 1.38 bits per heavy atom. The molecular formula is C14H14N4O2S. The van der Waals surface area contributed by atoms with Crippen molar-refractivity contribution >= 4 is 22.8 Å². The lowest BCUT2D eigenvalue weighted by atomic mass is 10.3. The Morgan fingerprint density at radius 2 is 2.29 bits per heavy atom. The molecule has 1 aliphatic rings. The molecule has 0 radical (unpaired) electrons. The molecule has 7 heteroatoms. The maximum atomic E-state index is 5.24. The quantitative estimate of drug-likeness (QED) is 0.730. The Labute approximate surface area is 125 Å². The maximum absolute atomic E-state index is 5.24. The van der Waals surface area contributed by atoms with Gasteiger partial charge in [-0.15, -0.1) is 0 Å². The Bertz CT molecular complexity index is 778. The number of hydrogen-bond donors (Lipinski definition) is 1. The minimum Gasteiger partial charge on any atom is -0.497 e. The first-order valence-electron chi connectivity index (χ1n) is 6.81. The summed E-state index contributed by atoms with van der Waals surface area (Å²) in [4.78, 5) is 12.2. The molecular weight excluding hydrogens is 288 g/mol. The zero-order valence-corrected chi connectivity index (χ0v) is 12.3. The molecule has 1 N–H and O–H groups in total. The van der Waals surface area contributed by atoms with E-state index in [0.29, 0.717) is 11.7 Å². The lowest BCUT2D eigenvalue weighted by Crippen LogP contribution is -1.85. The van der Waals surface area contributed by atoms with Gasteiger partial charge in [0.1, 0.15) is 5.75 Å². The molecule has 21 heavy (non-hydrogen) atoms. The number of aromatic nitrogens is 4. The monoisotopic (exact) mass is 302 g/mol. The van der Waals surface area contributed by atoms with Crippen molar-refractivity contribution in [1.82, 2.24) is 20.1 Å². The molecule has 2 heterocycles. The van der Waals surface area contributed by atoms with Gasteiger partial charge in [0, 0.05) is 12.0 Å². The third kappa shape index (κ3) is 2.61. The summed E-state index contributed by atoms with van der Waals surface area (Å²) >= 11 is 1.57. The molecule has 4 rings (SSSR count). The number of H-pyrrole nitrogens is 1. The van der Waals surface area contributed by atoms with E-state index in [1.54, 1.807) is 18.9 Å². The van der Waals surface area contributed by atoms with Crippen LogP contribution in [0, 0.1) is 0 Å². The molecule has 0 atom stereocenters.